The van der Waals surface area contributed by atoms with E-state index in [9.17, 15) is 4.79 Å². The number of rotatable bonds is 9. The molecular formula is C24H44O. The quantitative estimate of drug-likeness (QED) is 0.443. The zero-order valence-electron chi connectivity index (χ0n) is 18.1. The summed E-state index contributed by atoms with van der Waals surface area (Å²) in [7, 11) is 0. The van der Waals surface area contributed by atoms with Crippen molar-refractivity contribution in [3.05, 3.63) is 35.9 Å². The van der Waals surface area contributed by atoms with E-state index in [0.717, 1.165) is 31.1 Å². The molecule has 25 heavy (non-hydrogen) atoms. The van der Waals surface area contributed by atoms with Gasteiger partial charge >= 0.3 is 0 Å². The molecule has 0 saturated heterocycles. The first-order chi connectivity index (χ1) is 12.0. The average molecular weight is 349 g/mol. The van der Waals surface area contributed by atoms with Crippen molar-refractivity contribution < 1.29 is 4.79 Å². The van der Waals surface area contributed by atoms with E-state index in [4.69, 9.17) is 0 Å². The molecule has 0 N–H and O–H groups in total. The molecule has 1 heteroatoms. The molecule has 0 radical (unpaired) electrons. The van der Waals surface area contributed by atoms with E-state index in [1.807, 2.05) is 19.9 Å². The molecule has 0 aliphatic carbocycles. The smallest absolute Gasteiger partial charge is 0.132 e. The normalized spacial score (nSPS) is 12.1. The van der Waals surface area contributed by atoms with Gasteiger partial charge in [-0.3, -0.25) is 4.79 Å². The van der Waals surface area contributed by atoms with Gasteiger partial charge in [0.05, 0.1) is 0 Å². The molecule has 1 aromatic carbocycles. The van der Waals surface area contributed by atoms with E-state index >= 15 is 0 Å². The van der Waals surface area contributed by atoms with Gasteiger partial charge in [0.1, 0.15) is 5.78 Å². The predicted molar refractivity (Wildman–Crippen MR) is 114 cm³/mol. The minimum atomic E-state index is 0.377. The lowest BCUT2D eigenvalue weighted by Crippen LogP contribution is -2.06. The molecule has 2 atom stereocenters. The lowest BCUT2D eigenvalue weighted by Gasteiger charge is -2.17. The van der Waals surface area contributed by atoms with Gasteiger partial charge < -0.3 is 0 Å². The van der Waals surface area contributed by atoms with Crippen molar-refractivity contribution in [2.24, 2.45) is 11.8 Å². The number of hydrogen-bond donors (Lipinski definition) is 0. The summed E-state index contributed by atoms with van der Waals surface area (Å²) in [6.07, 6.45) is 9.09. The van der Waals surface area contributed by atoms with Crippen LogP contribution in [0.25, 0.3) is 0 Å². The van der Waals surface area contributed by atoms with Crippen molar-refractivity contribution in [3.63, 3.8) is 0 Å². The Bertz CT molecular complexity index is 372. The second kappa shape index (κ2) is 19.2. The highest BCUT2D eigenvalue weighted by Crippen LogP contribution is 2.20. The van der Waals surface area contributed by atoms with Crippen LogP contribution >= 0.6 is 0 Å². The maximum atomic E-state index is 10.4. The van der Waals surface area contributed by atoms with Gasteiger partial charge in [-0.2, -0.15) is 0 Å². The molecule has 2 unspecified atom stereocenters. The zero-order chi connectivity index (χ0) is 19.5. The molecule has 0 saturated carbocycles. The molecule has 1 aromatic rings. The second-order valence-electron chi connectivity index (χ2n) is 7.01. The highest BCUT2D eigenvalue weighted by molar-refractivity contribution is 5.77. The van der Waals surface area contributed by atoms with E-state index < -0.39 is 0 Å². The Labute approximate surface area is 158 Å². The van der Waals surface area contributed by atoms with Crippen LogP contribution in [0.3, 0.4) is 0 Å². The van der Waals surface area contributed by atoms with Gasteiger partial charge in [0, 0.05) is 12.8 Å². The number of benzene rings is 1. The van der Waals surface area contributed by atoms with Gasteiger partial charge in [-0.1, -0.05) is 104 Å². The van der Waals surface area contributed by atoms with Crippen molar-refractivity contribution in [2.45, 2.75) is 99.8 Å². The van der Waals surface area contributed by atoms with Crippen molar-refractivity contribution in [3.8, 4) is 0 Å². The molecule has 146 valence electrons. The molecule has 1 rings (SSSR count). The molecule has 1 nitrogen and oxygen atoms in total. The van der Waals surface area contributed by atoms with Crippen LogP contribution in [0, 0.1) is 11.8 Å². The largest absolute Gasteiger partial charge is 0.300 e. The molecule has 0 bridgehead atoms. The fraction of sp³-hybridized carbons (Fsp3) is 0.708. The predicted octanol–water partition coefficient (Wildman–Crippen LogP) is 7.87. The molecule has 0 amide bonds. The van der Waals surface area contributed by atoms with Gasteiger partial charge in [0.15, 0.2) is 0 Å². The number of Topliss-reactive ketones (excluding diaryl/α,β-unsaturated/α-hetero) is 1. The monoisotopic (exact) mass is 348 g/mol. The van der Waals surface area contributed by atoms with Crippen LogP contribution in [0.1, 0.15) is 99.0 Å². The van der Waals surface area contributed by atoms with Gasteiger partial charge in [0.2, 0.25) is 0 Å². The van der Waals surface area contributed by atoms with E-state index in [1.54, 1.807) is 0 Å². The minimum absolute atomic E-state index is 0.377. The van der Waals surface area contributed by atoms with Crippen LogP contribution in [0.15, 0.2) is 30.3 Å². The molecule has 0 fully saturated rings. The van der Waals surface area contributed by atoms with E-state index in [2.05, 4.69) is 58.9 Å². The van der Waals surface area contributed by atoms with Crippen LogP contribution in [0.5, 0.6) is 0 Å². The van der Waals surface area contributed by atoms with E-state index in [-0.39, 0.29) is 0 Å². The summed E-state index contributed by atoms with van der Waals surface area (Å²) < 4.78 is 0. The van der Waals surface area contributed by atoms with E-state index in [1.165, 1.54) is 31.2 Å². The SMILES string of the molecule is CCCC(=O)CC.CCCC(C)C(C)CCC.CCc1ccccc1. The number of carbonyl (C=O) groups excluding carboxylic acids is 1. The fourth-order valence-electron chi connectivity index (χ4n) is 2.65. The average Bonchev–Trinajstić information content (AvgIpc) is 2.64. The Kier molecular flexibility index (Phi) is 20.1. The Morgan fingerprint density at radius 2 is 1.28 bits per heavy atom. The molecular weight excluding hydrogens is 304 g/mol. The summed E-state index contributed by atoms with van der Waals surface area (Å²) in [4.78, 5) is 10.4. The Morgan fingerprint density at radius 1 is 0.800 bits per heavy atom. The first-order valence-electron chi connectivity index (χ1n) is 10.5. The van der Waals surface area contributed by atoms with Crippen LogP contribution in [0.2, 0.25) is 0 Å². The summed E-state index contributed by atoms with van der Waals surface area (Å²) >= 11 is 0. The third-order valence-electron chi connectivity index (χ3n) is 4.63. The second-order valence-corrected chi connectivity index (χ2v) is 7.01. The maximum absolute atomic E-state index is 10.4. The lowest BCUT2D eigenvalue weighted by atomic mass is 9.89. The zero-order valence-corrected chi connectivity index (χ0v) is 18.1. The minimum Gasteiger partial charge on any atom is -0.300 e. The highest BCUT2D eigenvalue weighted by Gasteiger charge is 2.08. The van der Waals surface area contributed by atoms with Gasteiger partial charge in [-0.15, -0.1) is 0 Å². The van der Waals surface area contributed by atoms with Crippen LogP contribution in [0.4, 0.5) is 0 Å². The first kappa shape index (κ1) is 26.1. The summed E-state index contributed by atoms with van der Waals surface area (Å²) in [6, 6.07) is 10.5. The topological polar surface area (TPSA) is 17.1 Å². The molecule has 0 spiro atoms. The Morgan fingerprint density at radius 3 is 1.52 bits per heavy atom. The van der Waals surface area contributed by atoms with Crippen molar-refractivity contribution in [1.82, 2.24) is 0 Å². The third-order valence-corrected chi connectivity index (χ3v) is 4.63. The molecule has 0 heterocycles. The summed E-state index contributed by atoms with van der Waals surface area (Å²) in [5, 5.41) is 0. The van der Waals surface area contributed by atoms with Crippen molar-refractivity contribution in [2.75, 3.05) is 0 Å². The summed E-state index contributed by atoms with van der Waals surface area (Å²) in [6.45, 7) is 15.4. The molecule has 0 aliphatic heterocycles. The van der Waals surface area contributed by atoms with E-state index in [0.29, 0.717) is 12.2 Å². The van der Waals surface area contributed by atoms with Crippen molar-refractivity contribution in [1.29, 1.82) is 0 Å². The lowest BCUT2D eigenvalue weighted by molar-refractivity contribution is -0.118. The standard InChI is InChI=1S/C10H22.C8H10.C6H12O/c1-5-7-9(3)10(4)8-6-2;1-2-8-6-4-3-5-7-8;1-3-5-6(7)4-2/h9-10H,5-8H2,1-4H3;3-7H,2H2,1H3;3-5H2,1-2H3. The van der Waals surface area contributed by atoms with Crippen LogP contribution < -0.4 is 0 Å². The number of hydrogen-bond acceptors (Lipinski definition) is 1. The molecule has 0 aliphatic rings. The highest BCUT2D eigenvalue weighted by atomic mass is 16.1. The Hall–Kier alpha value is -1.11. The van der Waals surface area contributed by atoms with Gasteiger partial charge in [0.25, 0.3) is 0 Å². The van der Waals surface area contributed by atoms with Crippen molar-refractivity contribution >= 4 is 5.78 Å². The van der Waals surface area contributed by atoms with Gasteiger partial charge in [-0.05, 0) is 30.2 Å². The van der Waals surface area contributed by atoms with Gasteiger partial charge in [-0.25, -0.2) is 0 Å². The van der Waals surface area contributed by atoms with Crippen LogP contribution in [-0.4, -0.2) is 5.78 Å². The fourth-order valence-corrected chi connectivity index (χ4v) is 2.65. The van der Waals surface area contributed by atoms with Crippen LogP contribution in [-0.2, 0) is 11.2 Å². The number of carbonyl (C=O) groups is 1. The number of ketones is 1. The number of aryl methyl sites for hydroxylation is 1. The summed E-state index contributed by atoms with van der Waals surface area (Å²) in [5.74, 6) is 2.25. The molecule has 0 aromatic heterocycles. The Balaban J connectivity index is 0. The first-order valence-corrected chi connectivity index (χ1v) is 10.5. The summed E-state index contributed by atoms with van der Waals surface area (Å²) in [5.41, 5.74) is 1.41. The third kappa shape index (κ3) is 17.5. The maximum Gasteiger partial charge on any atom is 0.132 e.